The predicted molar refractivity (Wildman–Crippen MR) is 112 cm³/mol. The molecule has 1 N–H and O–H groups in total. The molecule has 0 unspecified atom stereocenters. The molecule has 4 rings (SSSR count). The van der Waals surface area contributed by atoms with Crippen molar-refractivity contribution >= 4 is 23.3 Å². The van der Waals surface area contributed by atoms with E-state index in [0.717, 1.165) is 56.0 Å². The lowest BCUT2D eigenvalue weighted by Gasteiger charge is -2.32. The van der Waals surface area contributed by atoms with E-state index in [1.807, 2.05) is 36.1 Å². The van der Waals surface area contributed by atoms with Crippen LogP contribution in [0.1, 0.15) is 44.2 Å². The van der Waals surface area contributed by atoms with E-state index < -0.39 is 0 Å². The third-order valence-corrected chi connectivity index (χ3v) is 5.88. The summed E-state index contributed by atoms with van der Waals surface area (Å²) in [5, 5.41) is 3.15. The van der Waals surface area contributed by atoms with Gasteiger partial charge in [0.2, 0.25) is 11.8 Å². The summed E-state index contributed by atoms with van der Waals surface area (Å²) in [5.41, 5.74) is 1.98. The second kappa shape index (κ2) is 8.59. The first kappa shape index (κ1) is 19.4. The van der Waals surface area contributed by atoms with Crippen LogP contribution in [0, 0.1) is 5.92 Å². The van der Waals surface area contributed by atoms with Crippen LogP contribution in [0.4, 0.5) is 11.5 Å². The van der Waals surface area contributed by atoms with Crippen molar-refractivity contribution in [3.8, 4) is 0 Å². The number of benzene rings is 1. The molecule has 2 aromatic rings. The molecular weight excluding hydrogens is 366 g/mol. The highest BCUT2D eigenvalue weighted by atomic mass is 16.2. The van der Waals surface area contributed by atoms with Crippen molar-refractivity contribution in [2.24, 2.45) is 5.92 Å². The molecule has 2 aliphatic heterocycles. The Bertz CT molecular complexity index is 847. The molecule has 2 aliphatic rings. The van der Waals surface area contributed by atoms with Gasteiger partial charge in [0.05, 0.1) is 12.2 Å². The highest BCUT2D eigenvalue weighted by Crippen LogP contribution is 2.25. The number of rotatable bonds is 5. The summed E-state index contributed by atoms with van der Waals surface area (Å²) in [6.07, 6.45) is 8.30. The lowest BCUT2D eigenvalue weighted by Crippen LogP contribution is -2.41. The van der Waals surface area contributed by atoms with Gasteiger partial charge in [-0.1, -0.05) is 12.1 Å². The predicted octanol–water partition coefficient (Wildman–Crippen LogP) is 2.70. The van der Waals surface area contributed by atoms with Crippen molar-refractivity contribution in [3.05, 3.63) is 48.4 Å². The standard InChI is InChI=1S/C22H27N5O2/c1-16(17-4-6-19(7-5-17)27-12-2-3-21(27)28)25-22(29)18-8-13-26(14-9-18)20-15-23-10-11-24-20/h4-7,10-11,15-16,18H,2-3,8-9,12-14H2,1H3,(H,25,29)/t16-/m1/s1. The topological polar surface area (TPSA) is 78.4 Å². The maximum atomic E-state index is 12.7. The van der Waals surface area contributed by atoms with Gasteiger partial charge in [0.1, 0.15) is 5.82 Å². The maximum Gasteiger partial charge on any atom is 0.227 e. The summed E-state index contributed by atoms with van der Waals surface area (Å²) in [5.74, 6) is 1.19. The largest absolute Gasteiger partial charge is 0.355 e. The molecule has 0 bridgehead atoms. The molecule has 0 radical (unpaired) electrons. The number of hydrogen-bond donors (Lipinski definition) is 1. The third-order valence-electron chi connectivity index (χ3n) is 5.88. The van der Waals surface area contributed by atoms with Crippen LogP contribution in [-0.4, -0.2) is 41.4 Å². The summed E-state index contributed by atoms with van der Waals surface area (Å²) >= 11 is 0. The van der Waals surface area contributed by atoms with Crippen LogP contribution in [0.5, 0.6) is 0 Å². The Labute approximate surface area is 171 Å². The van der Waals surface area contributed by atoms with Crippen LogP contribution in [0.2, 0.25) is 0 Å². The van der Waals surface area contributed by atoms with Crippen molar-refractivity contribution < 1.29 is 9.59 Å². The smallest absolute Gasteiger partial charge is 0.227 e. The van der Waals surface area contributed by atoms with Crippen LogP contribution in [-0.2, 0) is 9.59 Å². The van der Waals surface area contributed by atoms with E-state index in [1.165, 1.54) is 0 Å². The number of carbonyl (C=O) groups excluding carboxylic acids is 2. The summed E-state index contributed by atoms with van der Waals surface area (Å²) in [6.45, 7) is 4.41. The van der Waals surface area contributed by atoms with Gasteiger partial charge in [0.15, 0.2) is 0 Å². The fourth-order valence-electron chi connectivity index (χ4n) is 4.10. The number of carbonyl (C=O) groups is 2. The Morgan fingerprint density at radius 1 is 1.14 bits per heavy atom. The Balaban J connectivity index is 1.30. The molecule has 2 saturated heterocycles. The van der Waals surface area contributed by atoms with Gasteiger partial charge in [0, 0.05) is 50.1 Å². The van der Waals surface area contributed by atoms with Crippen molar-refractivity contribution in [2.45, 2.75) is 38.6 Å². The zero-order chi connectivity index (χ0) is 20.2. The van der Waals surface area contributed by atoms with E-state index in [4.69, 9.17) is 0 Å². The second-order valence-corrected chi connectivity index (χ2v) is 7.80. The number of piperidine rings is 1. The molecule has 1 atom stereocenters. The number of nitrogens with zero attached hydrogens (tertiary/aromatic N) is 4. The monoisotopic (exact) mass is 393 g/mol. The van der Waals surface area contributed by atoms with Crippen LogP contribution in [0.15, 0.2) is 42.9 Å². The van der Waals surface area contributed by atoms with Gasteiger partial charge in [-0.25, -0.2) is 4.98 Å². The number of hydrogen-bond acceptors (Lipinski definition) is 5. The molecule has 0 saturated carbocycles. The zero-order valence-electron chi connectivity index (χ0n) is 16.8. The van der Waals surface area contributed by atoms with Gasteiger partial charge in [-0.3, -0.25) is 14.6 Å². The van der Waals surface area contributed by atoms with E-state index in [0.29, 0.717) is 6.42 Å². The Hall–Kier alpha value is -2.96. The molecule has 2 fully saturated rings. The van der Waals surface area contributed by atoms with Gasteiger partial charge >= 0.3 is 0 Å². The average Bonchev–Trinajstić information content (AvgIpc) is 3.20. The molecular formula is C22H27N5O2. The highest BCUT2D eigenvalue weighted by Gasteiger charge is 2.27. The minimum atomic E-state index is -0.0659. The average molecular weight is 393 g/mol. The third kappa shape index (κ3) is 4.39. The lowest BCUT2D eigenvalue weighted by atomic mass is 9.95. The van der Waals surface area contributed by atoms with E-state index in [9.17, 15) is 9.59 Å². The molecule has 2 amide bonds. The Morgan fingerprint density at radius 3 is 2.52 bits per heavy atom. The molecule has 3 heterocycles. The van der Waals surface area contributed by atoms with E-state index >= 15 is 0 Å². The summed E-state index contributed by atoms with van der Waals surface area (Å²) < 4.78 is 0. The minimum Gasteiger partial charge on any atom is -0.355 e. The van der Waals surface area contributed by atoms with Crippen molar-refractivity contribution in [3.63, 3.8) is 0 Å². The SMILES string of the molecule is C[C@@H](NC(=O)C1CCN(c2cnccn2)CC1)c1ccc(N2CCCC2=O)cc1. The summed E-state index contributed by atoms with van der Waals surface area (Å²) in [6, 6.07) is 7.88. The number of nitrogens with one attached hydrogen (secondary N) is 1. The van der Waals surface area contributed by atoms with E-state index in [1.54, 1.807) is 18.6 Å². The van der Waals surface area contributed by atoms with E-state index in [2.05, 4.69) is 20.2 Å². The first-order valence-electron chi connectivity index (χ1n) is 10.3. The van der Waals surface area contributed by atoms with Crippen LogP contribution in [0.25, 0.3) is 0 Å². The van der Waals surface area contributed by atoms with Gasteiger partial charge in [0.25, 0.3) is 0 Å². The summed E-state index contributed by atoms with van der Waals surface area (Å²) in [4.78, 5) is 37.1. The number of aromatic nitrogens is 2. The molecule has 7 heteroatoms. The Kier molecular flexibility index (Phi) is 5.74. The van der Waals surface area contributed by atoms with Gasteiger partial charge in [-0.05, 0) is 43.9 Å². The second-order valence-electron chi connectivity index (χ2n) is 7.80. The maximum absolute atomic E-state index is 12.7. The normalized spacial score (nSPS) is 18.7. The van der Waals surface area contributed by atoms with Crippen LogP contribution in [0.3, 0.4) is 0 Å². The first-order chi connectivity index (χ1) is 14.1. The quantitative estimate of drug-likeness (QED) is 0.845. The van der Waals surface area contributed by atoms with E-state index in [-0.39, 0.29) is 23.8 Å². The van der Waals surface area contributed by atoms with Crippen LogP contribution >= 0.6 is 0 Å². The fourth-order valence-corrected chi connectivity index (χ4v) is 4.10. The first-order valence-corrected chi connectivity index (χ1v) is 10.3. The molecule has 0 aliphatic carbocycles. The zero-order valence-corrected chi connectivity index (χ0v) is 16.8. The van der Waals surface area contributed by atoms with Crippen molar-refractivity contribution in [2.75, 3.05) is 29.4 Å². The molecule has 0 spiro atoms. The molecule has 29 heavy (non-hydrogen) atoms. The van der Waals surface area contributed by atoms with Gasteiger partial charge in [-0.15, -0.1) is 0 Å². The number of amides is 2. The van der Waals surface area contributed by atoms with Crippen molar-refractivity contribution in [1.29, 1.82) is 0 Å². The lowest BCUT2D eigenvalue weighted by molar-refractivity contribution is -0.126. The molecule has 152 valence electrons. The van der Waals surface area contributed by atoms with Crippen molar-refractivity contribution in [1.82, 2.24) is 15.3 Å². The highest BCUT2D eigenvalue weighted by molar-refractivity contribution is 5.95. The van der Waals surface area contributed by atoms with Gasteiger partial charge in [-0.2, -0.15) is 0 Å². The molecule has 1 aromatic carbocycles. The summed E-state index contributed by atoms with van der Waals surface area (Å²) in [7, 11) is 0. The number of anilines is 2. The minimum absolute atomic E-state index is 0.0202. The molecule has 1 aromatic heterocycles. The molecule has 7 nitrogen and oxygen atoms in total. The fraction of sp³-hybridized carbons (Fsp3) is 0.455. The Morgan fingerprint density at radius 2 is 1.90 bits per heavy atom. The van der Waals surface area contributed by atoms with Crippen LogP contribution < -0.4 is 15.1 Å². The van der Waals surface area contributed by atoms with Gasteiger partial charge < -0.3 is 15.1 Å².